The van der Waals surface area contributed by atoms with E-state index >= 15 is 0 Å². The van der Waals surface area contributed by atoms with Crippen molar-refractivity contribution < 1.29 is 17.9 Å². The molecule has 130 valence electrons. The molecule has 1 atom stereocenters. The van der Waals surface area contributed by atoms with Crippen molar-refractivity contribution in [1.82, 2.24) is 0 Å². The molecule has 0 fully saturated rings. The highest BCUT2D eigenvalue weighted by atomic mass is 32.1. The summed E-state index contributed by atoms with van der Waals surface area (Å²) in [6, 6.07) is 8.08. The zero-order valence-electron chi connectivity index (χ0n) is 13.4. The van der Waals surface area contributed by atoms with E-state index in [0.29, 0.717) is 11.3 Å². The molecule has 0 aliphatic carbocycles. The van der Waals surface area contributed by atoms with Crippen molar-refractivity contribution in [2.24, 2.45) is 5.73 Å². The van der Waals surface area contributed by atoms with Gasteiger partial charge >= 0.3 is 6.18 Å². The summed E-state index contributed by atoms with van der Waals surface area (Å²) < 4.78 is 45.6. The van der Waals surface area contributed by atoms with E-state index in [1.807, 2.05) is 25.1 Å². The minimum absolute atomic E-state index is 0.0157. The summed E-state index contributed by atoms with van der Waals surface area (Å²) in [6.45, 7) is 0. The first kappa shape index (κ1) is 17.2. The number of allylic oxidation sites excluding steroid dienone is 1. The van der Waals surface area contributed by atoms with Crippen molar-refractivity contribution in [3.05, 3.63) is 57.1 Å². The van der Waals surface area contributed by atoms with E-state index in [1.165, 1.54) is 5.38 Å². The van der Waals surface area contributed by atoms with Crippen LogP contribution in [0.5, 0.6) is 5.75 Å². The lowest BCUT2D eigenvalue weighted by Crippen LogP contribution is -2.22. The molecule has 0 bridgehead atoms. The van der Waals surface area contributed by atoms with Gasteiger partial charge in [-0.15, -0.1) is 11.3 Å². The van der Waals surface area contributed by atoms with E-state index < -0.39 is 17.7 Å². The number of nitriles is 1. The third-order valence-corrected chi connectivity index (χ3v) is 4.96. The summed E-state index contributed by atoms with van der Waals surface area (Å²) in [6.07, 6.45) is -4.51. The lowest BCUT2D eigenvalue weighted by Gasteiger charge is -2.27. The highest BCUT2D eigenvalue weighted by molar-refractivity contribution is 7.10. The van der Waals surface area contributed by atoms with E-state index in [1.54, 1.807) is 18.2 Å². The van der Waals surface area contributed by atoms with Gasteiger partial charge in [0.1, 0.15) is 17.4 Å². The maximum atomic E-state index is 13.3. The molecule has 0 radical (unpaired) electrons. The van der Waals surface area contributed by atoms with Crippen LogP contribution >= 0.6 is 11.3 Å². The second-order valence-corrected chi connectivity index (χ2v) is 6.69. The molecule has 2 heterocycles. The van der Waals surface area contributed by atoms with Gasteiger partial charge in [-0.05, 0) is 17.5 Å². The molecule has 1 aromatic heterocycles. The van der Waals surface area contributed by atoms with E-state index in [0.717, 1.165) is 23.1 Å². The van der Waals surface area contributed by atoms with Crippen LogP contribution in [-0.2, 0) is 6.18 Å². The predicted octanol–water partition coefficient (Wildman–Crippen LogP) is 4.05. The van der Waals surface area contributed by atoms with Crippen molar-refractivity contribution >= 4 is 17.0 Å². The van der Waals surface area contributed by atoms with Gasteiger partial charge < -0.3 is 15.4 Å². The summed E-state index contributed by atoms with van der Waals surface area (Å²) in [5, 5.41) is 10.8. The molecular formula is C17H14F3N3OS. The van der Waals surface area contributed by atoms with Gasteiger partial charge in [0.25, 0.3) is 0 Å². The van der Waals surface area contributed by atoms with Gasteiger partial charge in [-0.3, -0.25) is 0 Å². The third-order valence-electron chi connectivity index (χ3n) is 3.98. The molecule has 1 aliphatic heterocycles. The standard InChI is InChI=1S/C17H14F3N3OS/c1-23(2)9-3-4-10-13(7-9)24-16(22)11(8-21)14(10)15-12(5-6-25-15)17(18,19)20/h3-7,14H,22H2,1-2H3. The molecule has 4 nitrogen and oxygen atoms in total. The Balaban J connectivity index is 2.23. The van der Waals surface area contributed by atoms with Crippen LogP contribution in [0.4, 0.5) is 18.9 Å². The molecule has 1 unspecified atom stereocenters. The first-order valence-corrected chi connectivity index (χ1v) is 8.15. The van der Waals surface area contributed by atoms with E-state index in [9.17, 15) is 18.4 Å². The number of nitrogens with two attached hydrogens (primary N) is 1. The SMILES string of the molecule is CN(C)c1ccc2c(c1)OC(N)=C(C#N)C2c1sccc1C(F)(F)F. The Bertz CT molecular complexity index is 893. The van der Waals surface area contributed by atoms with Crippen LogP contribution in [-0.4, -0.2) is 14.1 Å². The normalized spacial score (nSPS) is 16.9. The lowest BCUT2D eigenvalue weighted by atomic mass is 9.86. The third kappa shape index (κ3) is 2.91. The fourth-order valence-electron chi connectivity index (χ4n) is 2.77. The summed E-state index contributed by atoms with van der Waals surface area (Å²) in [5.41, 5.74) is 6.36. The fraction of sp³-hybridized carbons (Fsp3) is 0.235. The van der Waals surface area contributed by atoms with Crippen molar-refractivity contribution in [1.29, 1.82) is 5.26 Å². The number of hydrogen-bond acceptors (Lipinski definition) is 5. The Morgan fingerprint density at radius 1 is 1.28 bits per heavy atom. The number of benzene rings is 1. The van der Waals surface area contributed by atoms with Crippen LogP contribution < -0.4 is 15.4 Å². The number of hydrogen-bond donors (Lipinski definition) is 1. The molecule has 0 amide bonds. The average Bonchev–Trinajstić information content (AvgIpc) is 3.02. The molecule has 0 saturated heterocycles. The van der Waals surface area contributed by atoms with Gasteiger partial charge in [0.15, 0.2) is 0 Å². The Morgan fingerprint density at radius 3 is 2.60 bits per heavy atom. The maximum absolute atomic E-state index is 13.3. The number of thiophene rings is 1. The van der Waals surface area contributed by atoms with Crippen LogP contribution in [0.1, 0.15) is 21.9 Å². The Hall–Kier alpha value is -2.66. The molecule has 8 heteroatoms. The van der Waals surface area contributed by atoms with Gasteiger partial charge in [-0.2, -0.15) is 18.4 Å². The van der Waals surface area contributed by atoms with E-state index in [2.05, 4.69) is 0 Å². The van der Waals surface area contributed by atoms with Crippen LogP contribution in [0.25, 0.3) is 0 Å². The predicted molar refractivity (Wildman–Crippen MR) is 89.4 cm³/mol. The fourth-order valence-corrected chi connectivity index (χ4v) is 3.81. The van der Waals surface area contributed by atoms with Crippen LogP contribution in [0.2, 0.25) is 0 Å². The molecule has 2 aromatic rings. The number of fused-ring (bicyclic) bond motifs is 1. The topological polar surface area (TPSA) is 62.3 Å². The number of ether oxygens (including phenoxy) is 1. The number of rotatable bonds is 2. The van der Waals surface area contributed by atoms with Gasteiger partial charge in [0.05, 0.1) is 11.5 Å². The summed E-state index contributed by atoms with van der Waals surface area (Å²) in [4.78, 5) is 1.87. The second-order valence-electron chi connectivity index (χ2n) is 5.74. The average molecular weight is 365 g/mol. The van der Waals surface area contributed by atoms with Gasteiger partial charge in [0, 0.05) is 36.3 Å². The van der Waals surface area contributed by atoms with Crippen molar-refractivity contribution in [2.75, 3.05) is 19.0 Å². The number of nitrogens with zero attached hydrogens (tertiary/aromatic N) is 2. The first-order valence-electron chi connectivity index (χ1n) is 7.27. The molecule has 25 heavy (non-hydrogen) atoms. The van der Waals surface area contributed by atoms with E-state index in [-0.39, 0.29) is 16.3 Å². The Morgan fingerprint density at radius 2 is 2.00 bits per heavy atom. The van der Waals surface area contributed by atoms with Crippen LogP contribution in [0.15, 0.2) is 41.1 Å². The van der Waals surface area contributed by atoms with Crippen molar-refractivity contribution in [3.8, 4) is 11.8 Å². The smallest absolute Gasteiger partial charge is 0.417 e. The monoisotopic (exact) mass is 365 g/mol. The number of anilines is 1. The zero-order chi connectivity index (χ0) is 18.4. The van der Waals surface area contributed by atoms with Crippen LogP contribution in [0.3, 0.4) is 0 Å². The second kappa shape index (κ2) is 6.01. The lowest BCUT2D eigenvalue weighted by molar-refractivity contribution is -0.137. The minimum atomic E-state index is -4.51. The first-order chi connectivity index (χ1) is 11.7. The Labute approximate surface area is 146 Å². The summed E-state index contributed by atoms with van der Waals surface area (Å²) in [5.74, 6) is -0.715. The number of alkyl halides is 3. The van der Waals surface area contributed by atoms with Crippen molar-refractivity contribution in [3.63, 3.8) is 0 Å². The van der Waals surface area contributed by atoms with Crippen molar-refractivity contribution in [2.45, 2.75) is 12.1 Å². The summed E-state index contributed by atoms with van der Waals surface area (Å²) in [7, 11) is 3.67. The van der Waals surface area contributed by atoms with Gasteiger partial charge in [-0.1, -0.05) is 6.07 Å². The zero-order valence-corrected chi connectivity index (χ0v) is 14.2. The van der Waals surface area contributed by atoms with Crippen LogP contribution in [0, 0.1) is 11.3 Å². The maximum Gasteiger partial charge on any atom is 0.417 e. The molecule has 0 saturated carbocycles. The van der Waals surface area contributed by atoms with E-state index in [4.69, 9.17) is 10.5 Å². The molecular weight excluding hydrogens is 351 g/mol. The highest BCUT2D eigenvalue weighted by Crippen LogP contribution is 2.48. The molecule has 2 N–H and O–H groups in total. The molecule has 0 spiro atoms. The molecule has 1 aromatic carbocycles. The van der Waals surface area contributed by atoms with Gasteiger partial charge in [0.2, 0.25) is 5.88 Å². The molecule has 1 aliphatic rings. The Kier molecular flexibility index (Phi) is 4.13. The largest absolute Gasteiger partial charge is 0.440 e. The highest BCUT2D eigenvalue weighted by Gasteiger charge is 2.40. The molecule has 3 rings (SSSR count). The minimum Gasteiger partial charge on any atom is -0.440 e. The summed E-state index contributed by atoms with van der Waals surface area (Å²) >= 11 is 0.951. The quantitative estimate of drug-likeness (QED) is 0.872. The van der Waals surface area contributed by atoms with Gasteiger partial charge in [-0.25, -0.2) is 0 Å². The number of halogens is 3.